The fraction of sp³-hybridized carbons (Fsp3) is 0.300. The number of anilines is 1. The van der Waals surface area contributed by atoms with Crippen molar-refractivity contribution in [3.63, 3.8) is 0 Å². The van der Waals surface area contributed by atoms with Crippen LogP contribution in [0.5, 0.6) is 5.75 Å². The number of rotatable bonds is 9. The molecule has 1 heterocycles. The van der Waals surface area contributed by atoms with Crippen LogP contribution in [0.15, 0.2) is 40.8 Å². The number of ether oxygens (including phenoxy) is 3. The molecule has 10 heteroatoms. The van der Waals surface area contributed by atoms with Gasteiger partial charge in [0.2, 0.25) is 0 Å². The summed E-state index contributed by atoms with van der Waals surface area (Å²) in [5, 5.41) is 2.26. The minimum Gasteiger partial charge on any atom is -0.489 e. The fourth-order valence-electron chi connectivity index (χ4n) is 2.23. The van der Waals surface area contributed by atoms with Crippen molar-refractivity contribution in [3.8, 4) is 5.75 Å². The molecule has 2 rings (SSSR count). The van der Waals surface area contributed by atoms with Gasteiger partial charge in [-0.1, -0.05) is 0 Å². The van der Waals surface area contributed by atoms with E-state index in [1.54, 1.807) is 19.1 Å². The van der Waals surface area contributed by atoms with Crippen molar-refractivity contribution in [2.45, 2.75) is 13.1 Å². The number of alkyl halides is 3. The number of carbonyl (C=O) groups is 2. The van der Waals surface area contributed by atoms with E-state index in [0.29, 0.717) is 11.5 Å². The minimum atomic E-state index is -4.61. The van der Waals surface area contributed by atoms with E-state index in [2.05, 4.69) is 5.32 Å². The Labute approximate surface area is 170 Å². The van der Waals surface area contributed by atoms with Crippen LogP contribution in [-0.4, -0.2) is 38.8 Å². The van der Waals surface area contributed by atoms with E-state index >= 15 is 0 Å². The normalized spacial score (nSPS) is 11.5. The first-order valence-electron chi connectivity index (χ1n) is 8.73. The third-order valence-corrected chi connectivity index (χ3v) is 3.62. The van der Waals surface area contributed by atoms with Crippen LogP contribution >= 0.6 is 0 Å². The number of amides is 1. The lowest BCUT2D eigenvalue weighted by atomic mass is 10.1. The smallest absolute Gasteiger partial charge is 0.416 e. The average molecular weight is 427 g/mol. The molecular weight excluding hydrogens is 407 g/mol. The van der Waals surface area contributed by atoms with Crippen molar-refractivity contribution in [2.24, 2.45) is 0 Å². The van der Waals surface area contributed by atoms with Crippen molar-refractivity contribution in [3.05, 3.63) is 53.5 Å². The van der Waals surface area contributed by atoms with Gasteiger partial charge in [0, 0.05) is 13.2 Å². The van der Waals surface area contributed by atoms with E-state index in [1.807, 2.05) is 0 Å². The van der Waals surface area contributed by atoms with E-state index in [4.69, 9.17) is 18.6 Å². The quantitative estimate of drug-likeness (QED) is 0.372. The number of carbonyl (C=O) groups excluding carboxylic acids is 2. The van der Waals surface area contributed by atoms with Gasteiger partial charge >= 0.3 is 12.1 Å². The first-order chi connectivity index (χ1) is 14.2. The van der Waals surface area contributed by atoms with Crippen LogP contribution in [0.1, 0.15) is 17.1 Å². The van der Waals surface area contributed by atoms with Crippen LogP contribution in [0, 0.1) is 6.92 Å². The first-order valence-corrected chi connectivity index (χ1v) is 8.73. The molecule has 0 aliphatic carbocycles. The van der Waals surface area contributed by atoms with Crippen LogP contribution in [0.3, 0.4) is 0 Å². The maximum Gasteiger partial charge on any atom is 0.416 e. The maximum atomic E-state index is 13.0. The van der Waals surface area contributed by atoms with Gasteiger partial charge < -0.3 is 23.9 Å². The van der Waals surface area contributed by atoms with E-state index in [-0.39, 0.29) is 24.7 Å². The molecular formula is C20H20F3NO6. The highest BCUT2D eigenvalue weighted by Crippen LogP contribution is 2.35. The molecule has 1 N–H and O–H groups in total. The zero-order valence-electron chi connectivity index (χ0n) is 16.2. The van der Waals surface area contributed by atoms with E-state index < -0.39 is 30.2 Å². The van der Waals surface area contributed by atoms with Gasteiger partial charge in [-0.3, -0.25) is 4.79 Å². The zero-order valence-corrected chi connectivity index (χ0v) is 16.2. The van der Waals surface area contributed by atoms with E-state index in [1.165, 1.54) is 13.2 Å². The molecule has 0 saturated heterocycles. The summed E-state index contributed by atoms with van der Waals surface area (Å²) in [7, 11) is 1.44. The van der Waals surface area contributed by atoms with Gasteiger partial charge in [-0.2, -0.15) is 13.2 Å². The van der Waals surface area contributed by atoms with E-state index in [0.717, 1.165) is 24.3 Å². The summed E-state index contributed by atoms with van der Waals surface area (Å²) in [4.78, 5) is 23.7. The molecule has 0 spiro atoms. The van der Waals surface area contributed by atoms with Gasteiger partial charge in [0.15, 0.2) is 6.61 Å². The number of aryl methyl sites for hydroxylation is 1. The second-order valence-electron chi connectivity index (χ2n) is 5.99. The maximum absolute atomic E-state index is 13.0. The lowest BCUT2D eigenvalue weighted by Crippen LogP contribution is -2.21. The number of hydrogen-bond acceptors (Lipinski definition) is 6. The molecule has 162 valence electrons. The summed E-state index contributed by atoms with van der Waals surface area (Å²) in [6, 6.07) is 6.01. The van der Waals surface area contributed by atoms with Crippen molar-refractivity contribution in [2.75, 3.05) is 32.2 Å². The summed E-state index contributed by atoms with van der Waals surface area (Å²) in [5.41, 5.74) is -1.17. The second kappa shape index (κ2) is 10.5. The largest absolute Gasteiger partial charge is 0.489 e. The van der Waals surface area contributed by atoms with Gasteiger partial charge in [-0.15, -0.1) is 0 Å². The number of nitrogens with one attached hydrogen (secondary N) is 1. The lowest BCUT2D eigenvalue weighted by Gasteiger charge is -2.15. The highest BCUT2D eigenvalue weighted by molar-refractivity contribution is 5.95. The van der Waals surface area contributed by atoms with Gasteiger partial charge in [0.1, 0.15) is 23.9 Å². The third kappa shape index (κ3) is 7.28. The molecule has 0 aliphatic heterocycles. The molecule has 0 saturated carbocycles. The average Bonchev–Trinajstić information content (AvgIpc) is 3.10. The summed E-state index contributed by atoms with van der Waals surface area (Å²) >= 11 is 0. The first kappa shape index (κ1) is 23.0. The molecule has 1 aromatic heterocycles. The molecule has 0 fully saturated rings. The van der Waals surface area contributed by atoms with Gasteiger partial charge in [0.25, 0.3) is 5.91 Å². The number of halogens is 3. The topological polar surface area (TPSA) is 87.0 Å². The summed E-state index contributed by atoms with van der Waals surface area (Å²) in [6.45, 7) is 1.31. The molecule has 30 heavy (non-hydrogen) atoms. The Morgan fingerprint density at radius 2 is 1.93 bits per heavy atom. The Balaban J connectivity index is 1.99. The number of methoxy groups -OCH3 is 1. The summed E-state index contributed by atoms with van der Waals surface area (Å²) in [5.74, 6) is -0.545. The van der Waals surface area contributed by atoms with Crippen LogP contribution in [0.4, 0.5) is 18.9 Å². The Kier molecular flexibility index (Phi) is 8.05. The highest BCUT2D eigenvalue weighted by Gasteiger charge is 2.31. The van der Waals surface area contributed by atoms with Crippen LogP contribution < -0.4 is 10.1 Å². The van der Waals surface area contributed by atoms with Crippen LogP contribution in [0.25, 0.3) is 6.08 Å². The third-order valence-electron chi connectivity index (χ3n) is 3.62. The number of esters is 1. The van der Waals surface area contributed by atoms with Gasteiger partial charge in [-0.05, 0) is 43.3 Å². The Morgan fingerprint density at radius 1 is 1.17 bits per heavy atom. The highest BCUT2D eigenvalue weighted by atomic mass is 19.4. The Hall–Kier alpha value is -3.27. The molecule has 0 bridgehead atoms. The van der Waals surface area contributed by atoms with Crippen molar-refractivity contribution >= 4 is 23.6 Å². The molecule has 0 unspecified atom stereocenters. The lowest BCUT2D eigenvalue weighted by molar-refractivity contribution is -0.142. The molecule has 0 radical (unpaired) electrons. The molecule has 0 atom stereocenters. The summed E-state index contributed by atoms with van der Waals surface area (Å²) < 4.78 is 59.1. The molecule has 7 nitrogen and oxygen atoms in total. The zero-order chi connectivity index (χ0) is 22.1. The minimum absolute atomic E-state index is 0.0211. The fourth-order valence-corrected chi connectivity index (χ4v) is 2.23. The molecule has 0 aliphatic rings. The summed E-state index contributed by atoms with van der Waals surface area (Å²) in [6.07, 6.45) is -2.18. The molecule has 2 aromatic rings. The van der Waals surface area contributed by atoms with Crippen molar-refractivity contribution in [1.82, 2.24) is 0 Å². The monoisotopic (exact) mass is 427 g/mol. The number of hydrogen-bond donors (Lipinski definition) is 1. The predicted molar refractivity (Wildman–Crippen MR) is 101 cm³/mol. The predicted octanol–water partition coefficient (Wildman–Crippen LogP) is 3.83. The van der Waals surface area contributed by atoms with Gasteiger partial charge in [-0.25, -0.2) is 4.79 Å². The Bertz CT molecular complexity index is 904. The van der Waals surface area contributed by atoms with Crippen molar-refractivity contribution in [1.29, 1.82) is 0 Å². The van der Waals surface area contributed by atoms with Crippen LogP contribution in [-0.2, 0) is 25.2 Å². The SMILES string of the molecule is COCCOc1ccc(C(F)(F)F)cc1NC(=O)COC(=O)/C=C/c1ccc(C)o1. The Morgan fingerprint density at radius 3 is 2.57 bits per heavy atom. The number of benzene rings is 1. The van der Waals surface area contributed by atoms with Gasteiger partial charge in [0.05, 0.1) is 17.9 Å². The number of furan rings is 1. The second-order valence-corrected chi connectivity index (χ2v) is 5.99. The standard InChI is InChI=1S/C20H20F3NO6/c1-13-3-5-15(30-13)6-8-19(26)29-12-18(25)24-16-11-14(20(21,22)23)4-7-17(16)28-10-9-27-2/h3-8,11H,9-10,12H2,1-2H3,(H,24,25)/b8-6+. The molecule has 1 amide bonds. The molecule has 1 aromatic carbocycles. The van der Waals surface area contributed by atoms with Crippen LogP contribution in [0.2, 0.25) is 0 Å². The van der Waals surface area contributed by atoms with E-state index in [9.17, 15) is 22.8 Å². The van der Waals surface area contributed by atoms with Crippen molar-refractivity contribution < 1.29 is 41.4 Å².